The summed E-state index contributed by atoms with van der Waals surface area (Å²) < 4.78 is 1.01. The summed E-state index contributed by atoms with van der Waals surface area (Å²) in [6, 6.07) is 9.10. The molecule has 1 aliphatic rings. The Morgan fingerprint density at radius 2 is 1.92 bits per heavy atom. The number of hydrogen-bond acceptors (Lipinski definition) is 4. The molecule has 136 valence electrons. The first-order valence-electron chi connectivity index (χ1n) is 8.46. The van der Waals surface area contributed by atoms with Gasteiger partial charge >= 0.3 is 0 Å². The van der Waals surface area contributed by atoms with E-state index in [0.29, 0.717) is 11.3 Å². The molecule has 2 heterocycles. The van der Waals surface area contributed by atoms with Crippen LogP contribution < -0.4 is 16.0 Å². The molecule has 0 bridgehead atoms. The Balaban J connectivity index is 1.81. The van der Waals surface area contributed by atoms with Crippen molar-refractivity contribution in [2.75, 3.05) is 23.3 Å². The van der Waals surface area contributed by atoms with Crippen molar-refractivity contribution in [3.05, 3.63) is 50.6 Å². The smallest absolute Gasteiger partial charge is 0.248 e. The van der Waals surface area contributed by atoms with Crippen LogP contribution in [0.15, 0.2) is 40.2 Å². The normalized spacial score (nSPS) is 14.6. The van der Waals surface area contributed by atoms with Crippen molar-refractivity contribution < 1.29 is 9.59 Å². The number of rotatable bonds is 5. The molecule has 0 atom stereocenters. The number of thiophene rings is 1. The number of carbonyl (C=O) groups is 2. The van der Waals surface area contributed by atoms with Gasteiger partial charge in [-0.2, -0.15) is 0 Å². The lowest BCUT2D eigenvalue weighted by atomic mass is 10.1. The number of amides is 2. The van der Waals surface area contributed by atoms with Crippen LogP contribution in [0.4, 0.5) is 11.4 Å². The molecule has 2 amide bonds. The van der Waals surface area contributed by atoms with E-state index in [1.165, 1.54) is 12.5 Å². The summed E-state index contributed by atoms with van der Waals surface area (Å²) in [6.07, 6.45) is 6.73. The van der Waals surface area contributed by atoms with E-state index in [1.54, 1.807) is 29.5 Å². The zero-order valence-electron chi connectivity index (χ0n) is 14.2. The molecular weight excluding hydrogens is 414 g/mol. The standard InChI is InChI=1S/C19H20BrN3O2S/c20-17-8-5-14(26-17)6-9-18(24)22-15-12-13(19(21)25)4-7-16(15)23-10-2-1-3-11-23/h4-9,12H,1-3,10-11H2,(H2,21,25)(H,22,24)/b9-6+. The van der Waals surface area contributed by atoms with Gasteiger partial charge in [0.05, 0.1) is 15.2 Å². The van der Waals surface area contributed by atoms with Gasteiger partial charge in [0.25, 0.3) is 0 Å². The third-order valence-corrected chi connectivity index (χ3v) is 5.82. The first kappa shape index (κ1) is 18.7. The molecule has 1 aromatic carbocycles. The molecule has 0 unspecified atom stereocenters. The van der Waals surface area contributed by atoms with Crippen LogP contribution in [0.1, 0.15) is 34.5 Å². The van der Waals surface area contributed by atoms with Crippen LogP contribution in [-0.4, -0.2) is 24.9 Å². The van der Waals surface area contributed by atoms with Crippen LogP contribution in [0.3, 0.4) is 0 Å². The Hall–Kier alpha value is -2.12. The van der Waals surface area contributed by atoms with Gasteiger partial charge in [-0.3, -0.25) is 9.59 Å². The maximum Gasteiger partial charge on any atom is 0.248 e. The second-order valence-corrected chi connectivity index (χ2v) is 8.60. The first-order chi connectivity index (χ1) is 12.5. The minimum Gasteiger partial charge on any atom is -0.370 e. The van der Waals surface area contributed by atoms with E-state index in [1.807, 2.05) is 18.2 Å². The molecular formula is C19H20BrN3O2S. The number of benzene rings is 1. The third kappa shape index (κ3) is 4.74. The van der Waals surface area contributed by atoms with E-state index in [4.69, 9.17) is 5.73 Å². The Morgan fingerprint density at radius 3 is 2.58 bits per heavy atom. The van der Waals surface area contributed by atoms with E-state index in [0.717, 1.165) is 40.3 Å². The number of nitrogens with two attached hydrogens (primary N) is 1. The average Bonchev–Trinajstić information content (AvgIpc) is 3.06. The molecule has 0 saturated carbocycles. The zero-order chi connectivity index (χ0) is 18.5. The summed E-state index contributed by atoms with van der Waals surface area (Å²) in [7, 11) is 0. The molecule has 2 aromatic rings. The number of primary amides is 1. The predicted octanol–water partition coefficient (Wildman–Crippen LogP) is 4.25. The van der Waals surface area contributed by atoms with Gasteiger partial charge in [0.15, 0.2) is 0 Å². The minimum atomic E-state index is -0.510. The monoisotopic (exact) mass is 433 g/mol. The maximum absolute atomic E-state index is 12.4. The fourth-order valence-corrected chi connectivity index (χ4v) is 4.28. The van der Waals surface area contributed by atoms with Gasteiger partial charge in [0.2, 0.25) is 11.8 Å². The van der Waals surface area contributed by atoms with Crippen molar-refractivity contribution in [1.82, 2.24) is 0 Å². The van der Waals surface area contributed by atoms with Gasteiger partial charge < -0.3 is 16.0 Å². The highest BCUT2D eigenvalue weighted by Gasteiger charge is 2.17. The van der Waals surface area contributed by atoms with Gasteiger partial charge in [0.1, 0.15) is 0 Å². The van der Waals surface area contributed by atoms with E-state index >= 15 is 0 Å². The second kappa shape index (κ2) is 8.51. The number of halogens is 1. The van der Waals surface area contributed by atoms with Gasteiger partial charge in [-0.15, -0.1) is 11.3 Å². The summed E-state index contributed by atoms with van der Waals surface area (Å²) in [5.74, 6) is -0.751. The zero-order valence-corrected chi connectivity index (χ0v) is 16.6. The van der Waals surface area contributed by atoms with Crippen LogP contribution in [0, 0.1) is 0 Å². The highest BCUT2D eigenvalue weighted by molar-refractivity contribution is 9.11. The number of piperidine rings is 1. The largest absolute Gasteiger partial charge is 0.370 e. The summed E-state index contributed by atoms with van der Waals surface area (Å²) in [5.41, 5.74) is 7.32. The lowest BCUT2D eigenvalue weighted by molar-refractivity contribution is -0.111. The van der Waals surface area contributed by atoms with Gasteiger partial charge in [-0.05, 0) is 71.6 Å². The van der Waals surface area contributed by atoms with Gasteiger partial charge in [-0.1, -0.05) is 0 Å². The Bertz CT molecular complexity index is 841. The summed E-state index contributed by atoms with van der Waals surface area (Å²) >= 11 is 4.95. The van der Waals surface area contributed by atoms with Crippen LogP contribution >= 0.6 is 27.3 Å². The third-order valence-electron chi connectivity index (χ3n) is 4.23. The number of nitrogens with zero attached hydrogens (tertiary/aromatic N) is 1. The van der Waals surface area contributed by atoms with E-state index < -0.39 is 5.91 Å². The molecule has 3 N–H and O–H groups in total. The average molecular weight is 434 g/mol. The van der Waals surface area contributed by atoms with Crippen molar-refractivity contribution in [3.63, 3.8) is 0 Å². The second-order valence-electron chi connectivity index (χ2n) is 6.11. The van der Waals surface area contributed by atoms with Crippen LogP contribution in [0.25, 0.3) is 6.08 Å². The fraction of sp³-hybridized carbons (Fsp3) is 0.263. The van der Waals surface area contributed by atoms with E-state index in [2.05, 4.69) is 26.1 Å². The van der Waals surface area contributed by atoms with Crippen molar-refractivity contribution in [2.24, 2.45) is 5.73 Å². The van der Waals surface area contributed by atoms with Gasteiger partial charge in [-0.25, -0.2) is 0 Å². The molecule has 1 aromatic heterocycles. The molecule has 0 spiro atoms. The minimum absolute atomic E-state index is 0.241. The van der Waals surface area contributed by atoms with Crippen molar-refractivity contribution in [1.29, 1.82) is 0 Å². The van der Waals surface area contributed by atoms with Crippen molar-refractivity contribution in [2.45, 2.75) is 19.3 Å². The molecule has 1 fully saturated rings. The van der Waals surface area contributed by atoms with Crippen LogP contribution in [0.5, 0.6) is 0 Å². The van der Waals surface area contributed by atoms with Crippen molar-refractivity contribution >= 4 is 56.5 Å². The summed E-state index contributed by atoms with van der Waals surface area (Å²) in [4.78, 5) is 27.1. The highest BCUT2D eigenvalue weighted by Crippen LogP contribution is 2.30. The quantitative estimate of drug-likeness (QED) is 0.691. The SMILES string of the molecule is NC(=O)c1ccc(N2CCCCC2)c(NC(=O)/C=C/c2ccc(Br)s2)c1. The van der Waals surface area contributed by atoms with Crippen molar-refractivity contribution in [3.8, 4) is 0 Å². The molecule has 5 nitrogen and oxygen atoms in total. The van der Waals surface area contributed by atoms with Crippen LogP contribution in [-0.2, 0) is 4.79 Å². The van der Waals surface area contributed by atoms with Crippen LogP contribution in [0.2, 0.25) is 0 Å². The molecule has 1 aliphatic heterocycles. The Morgan fingerprint density at radius 1 is 1.15 bits per heavy atom. The predicted molar refractivity (Wildman–Crippen MR) is 111 cm³/mol. The molecule has 26 heavy (non-hydrogen) atoms. The fourth-order valence-electron chi connectivity index (χ4n) is 2.95. The number of carbonyl (C=O) groups excluding carboxylic acids is 2. The summed E-state index contributed by atoms with van der Waals surface area (Å²) in [6.45, 7) is 1.88. The molecule has 0 radical (unpaired) electrons. The lowest BCUT2D eigenvalue weighted by Gasteiger charge is -2.30. The molecule has 7 heteroatoms. The maximum atomic E-state index is 12.4. The highest BCUT2D eigenvalue weighted by atomic mass is 79.9. The van der Waals surface area contributed by atoms with E-state index in [9.17, 15) is 9.59 Å². The molecule has 1 saturated heterocycles. The Kier molecular flexibility index (Phi) is 6.11. The van der Waals surface area contributed by atoms with E-state index in [-0.39, 0.29) is 5.91 Å². The number of hydrogen-bond donors (Lipinski definition) is 2. The topological polar surface area (TPSA) is 75.4 Å². The molecule has 3 rings (SSSR count). The first-order valence-corrected chi connectivity index (χ1v) is 10.1. The van der Waals surface area contributed by atoms with Gasteiger partial charge in [0, 0.05) is 29.6 Å². The number of anilines is 2. The number of nitrogens with one attached hydrogen (secondary N) is 1. The molecule has 0 aliphatic carbocycles. The Labute approximate surface area is 165 Å². The lowest BCUT2D eigenvalue weighted by Crippen LogP contribution is -2.30. The summed E-state index contributed by atoms with van der Waals surface area (Å²) in [5, 5.41) is 2.90.